The van der Waals surface area contributed by atoms with Crippen LogP contribution >= 0.6 is 23.4 Å². The summed E-state index contributed by atoms with van der Waals surface area (Å²) >= 11 is 7.77. The van der Waals surface area contributed by atoms with Gasteiger partial charge in [-0.1, -0.05) is 41.9 Å². The second kappa shape index (κ2) is 13.2. The summed E-state index contributed by atoms with van der Waals surface area (Å²) in [7, 11) is 0. The van der Waals surface area contributed by atoms with E-state index in [0.29, 0.717) is 30.2 Å². The number of halogens is 1. The van der Waals surface area contributed by atoms with E-state index in [1.54, 1.807) is 37.3 Å². The molecule has 0 aliphatic rings. The van der Waals surface area contributed by atoms with Crippen molar-refractivity contribution in [1.29, 1.82) is 0 Å². The smallest absolute Gasteiger partial charge is 0.316 e. The summed E-state index contributed by atoms with van der Waals surface area (Å²) in [4.78, 5) is 29.8. The molecule has 0 bridgehead atoms. The number of carbonyl (C=O) groups excluding carboxylic acids is 2. The standard InChI is InChI=1S/C27H28ClNO5S/c1-4-32-24(30)17-35-23-11-10-21(16-18(23)2)33-15-13-19(3)34-27-25(22(28)12-14-29-27)26(31)20-8-6-5-7-9-20/h5-12,14,16,19H,4,13,15,17H2,1-3H3. The van der Waals surface area contributed by atoms with E-state index in [0.717, 1.165) is 16.2 Å². The first-order chi connectivity index (χ1) is 16.9. The van der Waals surface area contributed by atoms with Gasteiger partial charge in [-0.3, -0.25) is 9.59 Å². The number of rotatable bonds is 12. The van der Waals surface area contributed by atoms with Gasteiger partial charge in [0.15, 0.2) is 5.78 Å². The number of ether oxygens (including phenoxy) is 3. The van der Waals surface area contributed by atoms with Crippen molar-refractivity contribution in [2.24, 2.45) is 0 Å². The van der Waals surface area contributed by atoms with Crippen LogP contribution in [0.3, 0.4) is 0 Å². The zero-order valence-electron chi connectivity index (χ0n) is 20.0. The summed E-state index contributed by atoms with van der Waals surface area (Å²) in [6.45, 7) is 6.45. The zero-order valence-corrected chi connectivity index (χ0v) is 21.5. The van der Waals surface area contributed by atoms with Gasteiger partial charge in [0.1, 0.15) is 17.4 Å². The molecule has 0 amide bonds. The fourth-order valence-electron chi connectivity index (χ4n) is 3.25. The van der Waals surface area contributed by atoms with E-state index in [4.69, 9.17) is 25.8 Å². The molecule has 1 unspecified atom stereocenters. The summed E-state index contributed by atoms with van der Waals surface area (Å²) in [6, 6.07) is 16.2. The molecule has 0 aliphatic carbocycles. The fourth-order valence-corrected chi connectivity index (χ4v) is 4.28. The summed E-state index contributed by atoms with van der Waals surface area (Å²) in [5.74, 6) is 0.747. The van der Waals surface area contributed by atoms with Crippen LogP contribution in [0.4, 0.5) is 0 Å². The zero-order chi connectivity index (χ0) is 25.2. The van der Waals surface area contributed by atoms with Crippen LogP contribution in [-0.2, 0) is 9.53 Å². The van der Waals surface area contributed by atoms with Gasteiger partial charge in [0.05, 0.1) is 24.0 Å². The number of hydrogen-bond donors (Lipinski definition) is 0. The second-order valence-electron chi connectivity index (χ2n) is 7.75. The highest BCUT2D eigenvalue weighted by Gasteiger charge is 2.21. The van der Waals surface area contributed by atoms with Crippen molar-refractivity contribution in [3.05, 3.63) is 82.5 Å². The molecule has 6 nitrogen and oxygen atoms in total. The van der Waals surface area contributed by atoms with E-state index in [2.05, 4.69) is 4.98 Å². The first kappa shape index (κ1) is 26.6. The molecule has 1 heterocycles. The molecule has 3 rings (SSSR count). The highest BCUT2D eigenvalue weighted by atomic mass is 35.5. The van der Waals surface area contributed by atoms with Gasteiger partial charge in [0, 0.05) is 23.1 Å². The molecular formula is C27H28ClNO5S. The lowest BCUT2D eigenvalue weighted by Crippen LogP contribution is -2.18. The monoisotopic (exact) mass is 513 g/mol. The number of hydrogen-bond acceptors (Lipinski definition) is 7. The lowest BCUT2D eigenvalue weighted by molar-refractivity contribution is -0.139. The van der Waals surface area contributed by atoms with E-state index in [-0.39, 0.29) is 35.1 Å². The highest BCUT2D eigenvalue weighted by molar-refractivity contribution is 8.00. The number of ketones is 1. The van der Waals surface area contributed by atoms with Crippen molar-refractivity contribution in [3.63, 3.8) is 0 Å². The molecule has 35 heavy (non-hydrogen) atoms. The predicted octanol–water partition coefficient (Wildman–Crippen LogP) is 6.17. The molecule has 1 aromatic heterocycles. The van der Waals surface area contributed by atoms with Gasteiger partial charge in [0.2, 0.25) is 5.88 Å². The molecule has 3 aromatic rings. The Bertz CT molecular complexity index is 1160. The Labute approximate surface area is 215 Å². The molecule has 1 atom stereocenters. The number of thioether (sulfide) groups is 1. The van der Waals surface area contributed by atoms with Crippen molar-refractivity contribution in [2.75, 3.05) is 19.0 Å². The predicted molar refractivity (Wildman–Crippen MR) is 138 cm³/mol. The third kappa shape index (κ3) is 7.73. The van der Waals surface area contributed by atoms with Gasteiger partial charge < -0.3 is 14.2 Å². The van der Waals surface area contributed by atoms with Gasteiger partial charge in [-0.15, -0.1) is 11.8 Å². The lowest BCUT2D eigenvalue weighted by atomic mass is 10.0. The van der Waals surface area contributed by atoms with E-state index in [9.17, 15) is 9.59 Å². The maximum Gasteiger partial charge on any atom is 0.316 e. The van der Waals surface area contributed by atoms with Crippen LogP contribution in [0.5, 0.6) is 11.6 Å². The average molecular weight is 514 g/mol. The number of esters is 1. The first-order valence-electron chi connectivity index (χ1n) is 11.3. The molecule has 8 heteroatoms. The van der Waals surface area contributed by atoms with Gasteiger partial charge in [-0.2, -0.15) is 0 Å². The Morgan fingerprint density at radius 3 is 2.60 bits per heavy atom. The number of nitrogens with zero attached hydrogens (tertiary/aromatic N) is 1. The Kier molecular flexibility index (Phi) is 9.99. The number of benzene rings is 2. The molecule has 0 fully saturated rings. The molecule has 0 aliphatic heterocycles. The van der Waals surface area contributed by atoms with Gasteiger partial charge in [-0.25, -0.2) is 4.98 Å². The van der Waals surface area contributed by atoms with E-state index in [1.165, 1.54) is 18.0 Å². The SMILES string of the molecule is CCOC(=O)CSc1ccc(OCCC(C)Oc2nccc(Cl)c2C(=O)c2ccccc2)cc1C. The summed E-state index contributed by atoms with van der Waals surface area (Å²) in [5, 5.41) is 0.295. The number of aryl methyl sites for hydroxylation is 1. The number of pyridine rings is 1. The summed E-state index contributed by atoms with van der Waals surface area (Å²) in [6.07, 6.45) is 1.84. The maximum absolute atomic E-state index is 13.0. The number of carbonyl (C=O) groups is 2. The van der Waals surface area contributed by atoms with E-state index in [1.807, 2.05) is 38.1 Å². The molecule has 2 aromatic carbocycles. The largest absolute Gasteiger partial charge is 0.493 e. The number of aromatic nitrogens is 1. The van der Waals surface area contributed by atoms with E-state index < -0.39 is 0 Å². The van der Waals surface area contributed by atoms with Crippen molar-refractivity contribution in [1.82, 2.24) is 4.98 Å². The van der Waals surface area contributed by atoms with Crippen LogP contribution in [0.25, 0.3) is 0 Å². The highest BCUT2D eigenvalue weighted by Crippen LogP contribution is 2.29. The third-order valence-electron chi connectivity index (χ3n) is 5.03. The first-order valence-corrected chi connectivity index (χ1v) is 12.7. The molecule has 0 saturated carbocycles. The van der Waals surface area contributed by atoms with Crippen LogP contribution in [0.15, 0.2) is 65.7 Å². The lowest BCUT2D eigenvalue weighted by Gasteiger charge is -2.17. The topological polar surface area (TPSA) is 74.7 Å². The van der Waals surface area contributed by atoms with E-state index >= 15 is 0 Å². The van der Waals surface area contributed by atoms with Crippen molar-refractivity contribution >= 4 is 35.1 Å². The summed E-state index contributed by atoms with van der Waals surface area (Å²) < 4.78 is 16.8. The average Bonchev–Trinajstić information content (AvgIpc) is 2.84. The molecule has 0 spiro atoms. The van der Waals surface area contributed by atoms with Crippen LogP contribution in [0, 0.1) is 6.92 Å². The quantitative estimate of drug-likeness (QED) is 0.163. The van der Waals surface area contributed by atoms with Crippen molar-refractivity contribution < 1.29 is 23.8 Å². The fraction of sp³-hybridized carbons (Fsp3) is 0.296. The second-order valence-corrected chi connectivity index (χ2v) is 9.18. The van der Waals surface area contributed by atoms with Crippen molar-refractivity contribution in [3.8, 4) is 11.6 Å². The Balaban J connectivity index is 1.55. The Hall–Kier alpha value is -3.03. The molecular weight excluding hydrogens is 486 g/mol. The minimum atomic E-state index is -0.260. The third-order valence-corrected chi connectivity index (χ3v) is 6.50. The van der Waals surface area contributed by atoms with Crippen LogP contribution in [0.1, 0.15) is 41.8 Å². The molecule has 0 N–H and O–H groups in total. The van der Waals surface area contributed by atoms with Gasteiger partial charge >= 0.3 is 5.97 Å². The minimum absolute atomic E-state index is 0.206. The van der Waals surface area contributed by atoms with Crippen LogP contribution in [-0.4, -0.2) is 41.8 Å². The minimum Gasteiger partial charge on any atom is -0.493 e. The van der Waals surface area contributed by atoms with Crippen LogP contribution < -0.4 is 9.47 Å². The Morgan fingerprint density at radius 1 is 1.11 bits per heavy atom. The van der Waals surface area contributed by atoms with Crippen LogP contribution in [0.2, 0.25) is 5.02 Å². The summed E-state index contributed by atoms with van der Waals surface area (Å²) in [5.41, 5.74) is 1.79. The van der Waals surface area contributed by atoms with Gasteiger partial charge in [0.25, 0.3) is 0 Å². The van der Waals surface area contributed by atoms with Crippen molar-refractivity contribution in [2.45, 2.75) is 38.2 Å². The molecule has 0 saturated heterocycles. The van der Waals surface area contributed by atoms with Gasteiger partial charge in [-0.05, 0) is 50.6 Å². The Morgan fingerprint density at radius 2 is 1.89 bits per heavy atom. The molecule has 0 radical (unpaired) electrons. The molecule has 184 valence electrons. The maximum atomic E-state index is 13.0. The normalized spacial score (nSPS) is 11.5.